The van der Waals surface area contributed by atoms with Crippen molar-refractivity contribution < 1.29 is 38.2 Å². The van der Waals surface area contributed by atoms with Crippen LogP contribution < -0.4 is 10.6 Å². The van der Waals surface area contributed by atoms with Crippen LogP contribution in [0.5, 0.6) is 0 Å². The number of nitrogens with one attached hydrogen (secondary N) is 2. The van der Waals surface area contributed by atoms with Gasteiger partial charge in [-0.2, -0.15) is 0 Å². The molecule has 3 atom stereocenters. The van der Waals surface area contributed by atoms with Crippen molar-refractivity contribution in [3.05, 3.63) is 71.8 Å². The monoisotopic (exact) mass is 689 g/mol. The van der Waals surface area contributed by atoms with E-state index in [-0.39, 0.29) is 43.3 Å². The normalized spacial score (nSPS) is 16.8. The average Bonchev–Trinajstić information content (AvgIpc) is 3.67. The largest absolute Gasteiger partial charge is 0.460 e. The number of esters is 2. The van der Waals surface area contributed by atoms with E-state index in [1.165, 1.54) is 11.8 Å². The van der Waals surface area contributed by atoms with Gasteiger partial charge in [-0.05, 0) is 81.5 Å². The first kappa shape index (κ1) is 38.1. The van der Waals surface area contributed by atoms with Gasteiger partial charge in [-0.15, -0.1) is 0 Å². The summed E-state index contributed by atoms with van der Waals surface area (Å²) in [5.41, 5.74) is 3.85. The second-order valence-electron chi connectivity index (χ2n) is 14.3. The van der Waals surface area contributed by atoms with E-state index in [1.807, 2.05) is 71.0 Å². The number of alkyl carbamates (subject to hydrolysis) is 1. The van der Waals surface area contributed by atoms with Crippen LogP contribution in [0.25, 0.3) is 11.1 Å². The zero-order valence-electron chi connectivity index (χ0n) is 30.0. The topological polar surface area (TPSA) is 140 Å². The number of hydrogen-bond donors (Lipinski definition) is 2. The van der Waals surface area contributed by atoms with Gasteiger partial charge in [-0.25, -0.2) is 9.59 Å². The van der Waals surface area contributed by atoms with E-state index in [1.54, 1.807) is 12.2 Å². The van der Waals surface area contributed by atoms with Gasteiger partial charge in [0.25, 0.3) is 0 Å². The number of carbonyl (C=O) groups excluding carboxylic acids is 5. The highest BCUT2D eigenvalue weighted by atomic mass is 16.6. The maximum Gasteiger partial charge on any atom is 0.407 e. The van der Waals surface area contributed by atoms with Crippen LogP contribution in [0, 0.1) is 5.92 Å². The van der Waals surface area contributed by atoms with Crippen LogP contribution in [-0.4, -0.2) is 78.2 Å². The standard InChI is InChI=1S/C39H51N3O8/c1-25(2)23-32(36(45)42-21-14-19-33(42)37(46)48-22-13-7-8-20-34(43)50-39(4,5)6)41-35(44)26(3)40-38(47)49-24-31-29-17-11-9-15-27(29)28-16-10-12-18-30(28)31/h7,9-13,15-18,25-26,31-33H,8,14,19-24H2,1-6H3,(H,40,47)(H,41,44)/b13-7+/t26-,32-,33-/m0/s1. The van der Waals surface area contributed by atoms with Gasteiger partial charge >= 0.3 is 18.0 Å². The van der Waals surface area contributed by atoms with Gasteiger partial charge in [0.05, 0.1) is 0 Å². The fourth-order valence-electron chi connectivity index (χ4n) is 6.35. The van der Waals surface area contributed by atoms with E-state index in [4.69, 9.17) is 14.2 Å². The minimum absolute atomic E-state index is 0.0108. The molecule has 0 bridgehead atoms. The number of rotatable bonds is 14. The molecule has 50 heavy (non-hydrogen) atoms. The molecule has 11 nitrogen and oxygen atoms in total. The average molecular weight is 690 g/mol. The van der Waals surface area contributed by atoms with Crippen molar-refractivity contribution in [1.29, 1.82) is 0 Å². The molecule has 2 aromatic carbocycles. The number of allylic oxidation sites excluding steroid dienone is 1. The molecule has 270 valence electrons. The summed E-state index contributed by atoms with van der Waals surface area (Å²) in [4.78, 5) is 66.1. The zero-order valence-corrected chi connectivity index (χ0v) is 30.0. The minimum atomic E-state index is -0.977. The van der Waals surface area contributed by atoms with E-state index in [0.29, 0.717) is 32.2 Å². The Labute approximate surface area is 295 Å². The highest BCUT2D eigenvalue weighted by Crippen LogP contribution is 2.44. The first-order valence-corrected chi connectivity index (χ1v) is 17.5. The molecule has 0 spiro atoms. The molecule has 1 heterocycles. The highest BCUT2D eigenvalue weighted by molar-refractivity contribution is 5.93. The molecule has 1 fully saturated rings. The molecule has 0 saturated carbocycles. The number of nitrogens with zero attached hydrogens (tertiary/aromatic N) is 1. The van der Waals surface area contributed by atoms with Crippen molar-refractivity contribution in [3.63, 3.8) is 0 Å². The van der Waals surface area contributed by atoms with Crippen LogP contribution in [0.2, 0.25) is 0 Å². The molecule has 0 radical (unpaired) electrons. The summed E-state index contributed by atoms with van der Waals surface area (Å²) in [6.07, 6.45) is 4.77. The molecule has 1 aliphatic carbocycles. The van der Waals surface area contributed by atoms with Crippen molar-refractivity contribution in [3.8, 4) is 11.1 Å². The van der Waals surface area contributed by atoms with Crippen LogP contribution in [0.1, 0.15) is 90.7 Å². The summed E-state index contributed by atoms with van der Waals surface area (Å²) in [5, 5.41) is 5.40. The lowest BCUT2D eigenvalue weighted by Gasteiger charge is -2.29. The van der Waals surface area contributed by atoms with Crippen LogP contribution in [0.3, 0.4) is 0 Å². The Morgan fingerprint density at radius 1 is 0.900 bits per heavy atom. The van der Waals surface area contributed by atoms with Crippen molar-refractivity contribution in [2.24, 2.45) is 5.92 Å². The molecule has 1 aliphatic heterocycles. The van der Waals surface area contributed by atoms with Gasteiger partial charge in [0.15, 0.2) is 0 Å². The molecule has 0 aromatic heterocycles. The lowest BCUT2D eigenvalue weighted by Crippen LogP contribution is -2.55. The Balaban J connectivity index is 1.27. The predicted octanol–water partition coefficient (Wildman–Crippen LogP) is 5.66. The number of fused-ring (bicyclic) bond motifs is 3. The van der Waals surface area contributed by atoms with Crippen molar-refractivity contribution in [2.75, 3.05) is 19.8 Å². The van der Waals surface area contributed by atoms with Gasteiger partial charge in [-0.1, -0.05) is 74.5 Å². The second kappa shape index (κ2) is 17.3. The summed E-state index contributed by atoms with van der Waals surface area (Å²) in [5.74, 6) is -1.78. The number of carbonyl (C=O) groups is 5. The zero-order chi connectivity index (χ0) is 36.4. The van der Waals surface area contributed by atoms with Gasteiger partial charge in [-0.3, -0.25) is 14.4 Å². The molecule has 0 unspecified atom stereocenters. The molecular formula is C39H51N3O8. The van der Waals surface area contributed by atoms with Crippen molar-refractivity contribution in [2.45, 2.75) is 103 Å². The van der Waals surface area contributed by atoms with E-state index in [0.717, 1.165) is 22.3 Å². The van der Waals surface area contributed by atoms with Crippen molar-refractivity contribution >= 4 is 29.8 Å². The number of benzene rings is 2. The summed E-state index contributed by atoms with van der Waals surface area (Å²) < 4.78 is 16.3. The lowest BCUT2D eigenvalue weighted by atomic mass is 9.98. The van der Waals surface area contributed by atoms with Gasteiger partial charge in [0.1, 0.15) is 36.9 Å². The first-order chi connectivity index (χ1) is 23.7. The number of amides is 3. The van der Waals surface area contributed by atoms with E-state index in [2.05, 4.69) is 22.8 Å². The lowest BCUT2D eigenvalue weighted by molar-refractivity contribution is -0.155. The third-order valence-corrected chi connectivity index (χ3v) is 8.62. The number of ether oxygens (including phenoxy) is 3. The molecule has 11 heteroatoms. The Morgan fingerprint density at radius 2 is 1.54 bits per heavy atom. The molecule has 4 rings (SSSR count). The Morgan fingerprint density at radius 3 is 2.16 bits per heavy atom. The third-order valence-electron chi connectivity index (χ3n) is 8.62. The highest BCUT2D eigenvalue weighted by Gasteiger charge is 2.39. The van der Waals surface area contributed by atoms with Gasteiger partial charge < -0.3 is 29.7 Å². The van der Waals surface area contributed by atoms with Crippen LogP contribution in [0.4, 0.5) is 4.79 Å². The molecule has 2 aromatic rings. The molecular weight excluding hydrogens is 638 g/mol. The summed E-state index contributed by atoms with van der Waals surface area (Å²) in [6.45, 7) is 11.3. The van der Waals surface area contributed by atoms with E-state index in [9.17, 15) is 24.0 Å². The molecule has 2 aliphatic rings. The maximum absolute atomic E-state index is 13.7. The summed E-state index contributed by atoms with van der Waals surface area (Å²) in [7, 11) is 0. The van der Waals surface area contributed by atoms with Crippen molar-refractivity contribution in [1.82, 2.24) is 15.5 Å². The second-order valence-corrected chi connectivity index (χ2v) is 14.3. The van der Waals surface area contributed by atoms with E-state index < -0.39 is 41.7 Å². The quantitative estimate of drug-likeness (QED) is 0.147. The Kier molecular flexibility index (Phi) is 13.2. The SMILES string of the molecule is CC(C)C[C@H](NC(=O)[C@H](C)NC(=O)OCC1c2ccccc2-c2ccccc21)C(=O)N1CCC[C@H]1C(=O)OC/C=C/CCC(=O)OC(C)(C)C. The summed E-state index contributed by atoms with van der Waals surface area (Å²) in [6, 6.07) is 13.4. The fraction of sp³-hybridized carbons (Fsp3) is 0.513. The smallest absolute Gasteiger partial charge is 0.407 e. The number of hydrogen-bond acceptors (Lipinski definition) is 8. The van der Waals surface area contributed by atoms with Crippen LogP contribution in [-0.2, 0) is 33.4 Å². The molecule has 3 amide bonds. The molecule has 1 saturated heterocycles. The van der Waals surface area contributed by atoms with E-state index >= 15 is 0 Å². The Hall–Kier alpha value is -4.67. The van der Waals surface area contributed by atoms with Crippen LogP contribution >= 0.6 is 0 Å². The predicted molar refractivity (Wildman–Crippen MR) is 189 cm³/mol. The first-order valence-electron chi connectivity index (χ1n) is 17.5. The third kappa shape index (κ3) is 10.4. The fourth-order valence-corrected chi connectivity index (χ4v) is 6.35. The molecule has 2 N–H and O–H groups in total. The minimum Gasteiger partial charge on any atom is -0.460 e. The maximum atomic E-state index is 13.7. The van der Waals surface area contributed by atoms with Crippen LogP contribution in [0.15, 0.2) is 60.7 Å². The number of likely N-dealkylation sites (tertiary alicyclic amines) is 1. The van der Waals surface area contributed by atoms with Gasteiger partial charge in [0.2, 0.25) is 11.8 Å². The Bertz CT molecular complexity index is 1520. The van der Waals surface area contributed by atoms with Gasteiger partial charge in [0, 0.05) is 18.9 Å². The summed E-state index contributed by atoms with van der Waals surface area (Å²) >= 11 is 0.